The lowest BCUT2D eigenvalue weighted by atomic mass is 10.0. The van der Waals surface area contributed by atoms with Crippen molar-refractivity contribution in [2.45, 2.75) is 6.92 Å². The van der Waals surface area contributed by atoms with E-state index < -0.39 is 0 Å². The smallest absolute Gasteiger partial charge is 0.319 e. The van der Waals surface area contributed by atoms with Crippen molar-refractivity contribution in [1.29, 1.82) is 0 Å². The van der Waals surface area contributed by atoms with E-state index in [0.29, 0.717) is 18.0 Å². The van der Waals surface area contributed by atoms with Crippen LogP contribution in [0, 0.1) is 0 Å². The van der Waals surface area contributed by atoms with E-state index in [1.54, 1.807) is 7.05 Å². The molecule has 0 radical (unpaired) electrons. The molecule has 0 aliphatic carbocycles. The van der Waals surface area contributed by atoms with E-state index in [2.05, 4.69) is 10.6 Å². The predicted octanol–water partition coefficient (Wildman–Crippen LogP) is 3.50. The number of carbonyl (C=O) groups is 1. The highest BCUT2D eigenvalue weighted by molar-refractivity contribution is 5.93. The highest BCUT2D eigenvalue weighted by atomic mass is 16.5. The topological polar surface area (TPSA) is 50.4 Å². The fourth-order valence-corrected chi connectivity index (χ4v) is 1.97. The van der Waals surface area contributed by atoms with Gasteiger partial charge in [-0.05, 0) is 18.6 Å². The van der Waals surface area contributed by atoms with Gasteiger partial charge in [-0.3, -0.25) is 0 Å². The molecule has 20 heavy (non-hydrogen) atoms. The monoisotopic (exact) mass is 270 g/mol. The van der Waals surface area contributed by atoms with Gasteiger partial charge < -0.3 is 15.4 Å². The second-order valence-corrected chi connectivity index (χ2v) is 4.19. The van der Waals surface area contributed by atoms with Gasteiger partial charge in [0.1, 0.15) is 0 Å². The minimum absolute atomic E-state index is 0.267. The summed E-state index contributed by atoms with van der Waals surface area (Å²) in [7, 11) is 1.58. The number of carbonyl (C=O) groups excluding carboxylic acids is 1. The van der Waals surface area contributed by atoms with Crippen LogP contribution in [0.2, 0.25) is 0 Å². The van der Waals surface area contributed by atoms with Crippen LogP contribution in [0.4, 0.5) is 10.5 Å². The Kier molecular flexibility index (Phi) is 4.60. The summed E-state index contributed by atoms with van der Waals surface area (Å²) in [6.45, 7) is 2.46. The Morgan fingerprint density at radius 1 is 1.10 bits per heavy atom. The Morgan fingerprint density at radius 3 is 2.50 bits per heavy atom. The zero-order valence-corrected chi connectivity index (χ0v) is 11.6. The fraction of sp³-hybridized carbons (Fsp3) is 0.188. The second-order valence-electron chi connectivity index (χ2n) is 4.19. The maximum atomic E-state index is 11.5. The van der Waals surface area contributed by atoms with Crippen molar-refractivity contribution in [3.05, 3.63) is 48.5 Å². The molecule has 2 amide bonds. The lowest BCUT2D eigenvalue weighted by molar-refractivity contribution is 0.253. The van der Waals surface area contributed by atoms with Crippen molar-refractivity contribution in [2.75, 3.05) is 19.0 Å². The minimum Gasteiger partial charge on any atom is -0.491 e. The first kappa shape index (κ1) is 13.9. The largest absolute Gasteiger partial charge is 0.491 e. The average Bonchev–Trinajstić information content (AvgIpc) is 2.50. The maximum absolute atomic E-state index is 11.5. The number of rotatable bonds is 4. The lowest BCUT2D eigenvalue weighted by Gasteiger charge is -2.15. The first-order valence-corrected chi connectivity index (χ1v) is 6.56. The molecule has 0 heterocycles. The number of urea groups is 1. The van der Waals surface area contributed by atoms with Crippen LogP contribution in [0.5, 0.6) is 5.75 Å². The van der Waals surface area contributed by atoms with Gasteiger partial charge in [-0.1, -0.05) is 42.5 Å². The van der Waals surface area contributed by atoms with Gasteiger partial charge in [-0.25, -0.2) is 4.79 Å². The summed E-state index contributed by atoms with van der Waals surface area (Å²) in [5.74, 6) is 0.685. The fourth-order valence-electron chi connectivity index (χ4n) is 1.97. The minimum atomic E-state index is -0.267. The van der Waals surface area contributed by atoms with E-state index in [0.717, 1.165) is 11.1 Å². The second kappa shape index (κ2) is 6.61. The highest BCUT2D eigenvalue weighted by Crippen LogP contribution is 2.36. The molecule has 2 N–H and O–H groups in total. The molecule has 0 saturated carbocycles. The SMILES string of the molecule is CCOc1c(NC(=O)NC)cccc1-c1ccccc1. The van der Waals surface area contributed by atoms with Gasteiger partial charge in [0.2, 0.25) is 0 Å². The molecule has 2 aromatic carbocycles. The van der Waals surface area contributed by atoms with E-state index in [-0.39, 0.29) is 6.03 Å². The van der Waals surface area contributed by atoms with E-state index >= 15 is 0 Å². The number of hydrogen-bond acceptors (Lipinski definition) is 2. The van der Waals surface area contributed by atoms with Gasteiger partial charge in [-0.15, -0.1) is 0 Å². The molecular formula is C16H18N2O2. The third kappa shape index (κ3) is 3.09. The lowest BCUT2D eigenvalue weighted by Crippen LogP contribution is -2.24. The Labute approximate surface area is 118 Å². The first-order chi connectivity index (χ1) is 9.76. The van der Waals surface area contributed by atoms with E-state index in [9.17, 15) is 4.79 Å². The summed E-state index contributed by atoms with van der Waals surface area (Å²) in [5, 5.41) is 5.32. The summed E-state index contributed by atoms with van der Waals surface area (Å²) in [4.78, 5) is 11.5. The summed E-state index contributed by atoms with van der Waals surface area (Å²) in [6.07, 6.45) is 0. The molecule has 4 nitrogen and oxygen atoms in total. The number of para-hydroxylation sites is 1. The molecule has 0 unspecified atom stereocenters. The highest BCUT2D eigenvalue weighted by Gasteiger charge is 2.12. The van der Waals surface area contributed by atoms with Crippen molar-refractivity contribution in [3.8, 4) is 16.9 Å². The van der Waals surface area contributed by atoms with Crippen LogP contribution in [-0.2, 0) is 0 Å². The first-order valence-electron chi connectivity index (χ1n) is 6.56. The number of anilines is 1. The van der Waals surface area contributed by atoms with Crippen molar-refractivity contribution < 1.29 is 9.53 Å². The van der Waals surface area contributed by atoms with Crippen molar-refractivity contribution in [3.63, 3.8) is 0 Å². The van der Waals surface area contributed by atoms with Gasteiger partial charge in [0.05, 0.1) is 12.3 Å². The summed E-state index contributed by atoms with van der Waals surface area (Å²) in [6, 6.07) is 15.4. The maximum Gasteiger partial charge on any atom is 0.319 e. The molecule has 0 spiro atoms. The Bertz CT molecular complexity index is 582. The number of hydrogen-bond donors (Lipinski definition) is 2. The molecule has 0 atom stereocenters. The third-order valence-electron chi connectivity index (χ3n) is 2.86. The van der Waals surface area contributed by atoms with Gasteiger partial charge in [0.25, 0.3) is 0 Å². The zero-order valence-electron chi connectivity index (χ0n) is 11.6. The average molecular weight is 270 g/mol. The van der Waals surface area contributed by atoms with E-state index in [1.165, 1.54) is 0 Å². The molecule has 0 bridgehead atoms. The van der Waals surface area contributed by atoms with Crippen molar-refractivity contribution in [2.24, 2.45) is 0 Å². The quantitative estimate of drug-likeness (QED) is 0.893. The standard InChI is InChI=1S/C16H18N2O2/c1-3-20-15-13(12-8-5-4-6-9-12)10-7-11-14(15)18-16(19)17-2/h4-11H,3H2,1-2H3,(H2,17,18,19). The van der Waals surface area contributed by atoms with Gasteiger partial charge in [-0.2, -0.15) is 0 Å². The Hall–Kier alpha value is -2.49. The molecule has 0 aromatic heterocycles. The number of ether oxygens (including phenoxy) is 1. The molecular weight excluding hydrogens is 252 g/mol. The molecule has 4 heteroatoms. The molecule has 2 aromatic rings. The number of benzene rings is 2. The van der Waals surface area contributed by atoms with Crippen molar-refractivity contribution >= 4 is 11.7 Å². The van der Waals surface area contributed by atoms with Gasteiger partial charge in [0.15, 0.2) is 5.75 Å². The number of amides is 2. The third-order valence-corrected chi connectivity index (χ3v) is 2.86. The molecule has 0 aliphatic heterocycles. The van der Waals surface area contributed by atoms with Gasteiger partial charge in [0, 0.05) is 12.6 Å². The van der Waals surface area contributed by atoms with Crippen LogP contribution in [0.1, 0.15) is 6.92 Å². The normalized spacial score (nSPS) is 9.90. The number of nitrogens with one attached hydrogen (secondary N) is 2. The summed E-state index contributed by atoms with van der Waals surface area (Å²) in [5.41, 5.74) is 2.67. The Morgan fingerprint density at radius 2 is 1.85 bits per heavy atom. The summed E-state index contributed by atoms with van der Waals surface area (Å²) >= 11 is 0. The summed E-state index contributed by atoms with van der Waals surface area (Å²) < 4.78 is 5.73. The van der Waals surface area contributed by atoms with Crippen LogP contribution in [0.25, 0.3) is 11.1 Å². The van der Waals surface area contributed by atoms with Crippen LogP contribution in [-0.4, -0.2) is 19.7 Å². The van der Waals surface area contributed by atoms with Crippen LogP contribution < -0.4 is 15.4 Å². The molecule has 0 saturated heterocycles. The van der Waals surface area contributed by atoms with E-state index in [1.807, 2.05) is 55.5 Å². The predicted molar refractivity (Wildman–Crippen MR) is 81.1 cm³/mol. The molecule has 0 fully saturated rings. The van der Waals surface area contributed by atoms with Crippen LogP contribution in [0.15, 0.2) is 48.5 Å². The van der Waals surface area contributed by atoms with Crippen molar-refractivity contribution in [1.82, 2.24) is 5.32 Å². The van der Waals surface area contributed by atoms with Crippen LogP contribution in [0.3, 0.4) is 0 Å². The zero-order chi connectivity index (χ0) is 14.4. The molecule has 2 rings (SSSR count). The van der Waals surface area contributed by atoms with Gasteiger partial charge >= 0.3 is 6.03 Å². The molecule has 104 valence electrons. The molecule has 0 aliphatic rings. The van der Waals surface area contributed by atoms with E-state index in [4.69, 9.17) is 4.74 Å². The Balaban J connectivity index is 2.46. The van der Waals surface area contributed by atoms with Crippen LogP contribution >= 0.6 is 0 Å².